The Balaban J connectivity index is 1.55. The molecule has 0 amide bonds. The van der Waals surface area contributed by atoms with E-state index in [0.717, 1.165) is 34.3 Å². The maximum absolute atomic E-state index is 12.4. The van der Waals surface area contributed by atoms with Gasteiger partial charge in [-0.15, -0.1) is 11.8 Å². The predicted octanol–water partition coefficient (Wildman–Crippen LogP) is 4.04. The highest BCUT2D eigenvalue weighted by molar-refractivity contribution is 8.01. The maximum atomic E-state index is 12.4. The fourth-order valence-electron chi connectivity index (χ4n) is 4.03. The Labute approximate surface area is 204 Å². The van der Waals surface area contributed by atoms with Gasteiger partial charge in [0.05, 0.1) is 29.8 Å². The summed E-state index contributed by atoms with van der Waals surface area (Å²) in [6.07, 6.45) is 4.28. The average Bonchev–Trinajstić information content (AvgIpc) is 3.06. The standard InChI is InChI=1S/C26H32O5S2/c1-26(30,16-18-8-9-19-6-3-4-7-20(19)14-18)11-10-21-22(27)15-23(28)25(21)33-13-5-12-32-17-24(29)31-2/h3-4,6-11,14,21-22,25,27,30H,5,12-13,15-17H2,1-2H3/t21-,22+,25?,26?/m0/s1. The second-order valence-electron chi connectivity index (χ2n) is 8.66. The normalized spacial score (nSPS) is 22.7. The number of ketones is 1. The lowest BCUT2D eigenvalue weighted by atomic mass is 9.92. The third-order valence-electron chi connectivity index (χ3n) is 5.75. The van der Waals surface area contributed by atoms with Gasteiger partial charge in [-0.2, -0.15) is 11.8 Å². The summed E-state index contributed by atoms with van der Waals surface area (Å²) in [6, 6.07) is 14.3. The SMILES string of the molecule is COC(=O)CSCCCSC1C(=O)C[C@@H](O)[C@@H]1C=CC(C)(O)Cc1ccc2ccccc2c1. The predicted molar refractivity (Wildman–Crippen MR) is 137 cm³/mol. The van der Waals surface area contributed by atoms with E-state index in [4.69, 9.17) is 0 Å². The van der Waals surface area contributed by atoms with Gasteiger partial charge >= 0.3 is 5.97 Å². The Morgan fingerprint density at radius 3 is 2.73 bits per heavy atom. The van der Waals surface area contributed by atoms with E-state index in [-0.39, 0.29) is 29.3 Å². The molecule has 0 heterocycles. The van der Waals surface area contributed by atoms with Crippen molar-refractivity contribution < 1.29 is 24.5 Å². The highest BCUT2D eigenvalue weighted by Crippen LogP contribution is 2.35. The Kier molecular flexibility index (Phi) is 9.44. The van der Waals surface area contributed by atoms with E-state index >= 15 is 0 Å². The molecule has 0 saturated heterocycles. The molecule has 2 unspecified atom stereocenters. The molecule has 0 bridgehead atoms. The second-order valence-corrected chi connectivity index (χ2v) is 11.0. The van der Waals surface area contributed by atoms with Gasteiger partial charge < -0.3 is 14.9 Å². The molecule has 7 heteroatoms. The first-order valence-electron chi connectivity index (χ1n) is 11.2. The van der Waals surface area contributed by atoms with Crippen LogP contribution in [0.15, 0.2) is 54.6 Å². The fraction of sp³-hybridized carbons (Fsp3) is 0.462. The third kappa shape index (κ3) is 7.60. The first-order valence-corrected chi connectivity index (χ1v) is 13.4. The largest absolute Gasteiger partial charge is 0.468 e. The van der Waals surface area contributed by atoms with Crippen LogP contribution in [0.3, 0.4) is 0 Å². The average molecular weight is 489 g/mol. The maximum Gasteiger partial charge on any atom is 0.315 e. The van der Waals surface area contributed by atoms with Crippen LogP contribution in [0.5, 0.6) is 0 Å². The molecule has 0 aliphatic heterocycles. The van der Waals surface area contributed by atoms with Crippen LogP contribution in [0.25, 0.3) is 10.8 Å². The number of carbonyl (C=O) groups is 2. The first kappa shape index (κ1) is 25.8. The second kappa shape index (κ2) is 12.1. The Bertz CT molecular complexity index is 988. The minimum atomic E-state index is -1.09. The molecule has 5 nitrogen and oxygen atoms in total. The zero-order valence-corrected chi connectivity index (χ0v) is 20.7. The summed E-state index contributed by atoms with van der Waals surface area (Å²) >= 11 is 3.07. The number of rotatable bonds is 11. The molecule has 2 aromatic rings. The van der Waals surface area contributed by atoms with Crippen LogP contribution >= 0.6 is 23.5 Å². The molecule has 178 valence electrons. The molecule has 4 atom stereocenters. The van der Waals surface area contributed by atoms with Crippen molar-refractivity contribution in [1.29, 1.82) is 0 Å². The molecule has 2 N–H and O–H groups in total. The van der Waals surface area contributed by atoms with E-state index < -0.39 is 11.7 Å². The van der Waals surface area contributed by atoms with Crippen LogP contribution in [0.1, 0.15) is 25.3 Å². The lowest BCUT2D eigenvalue weighted by Crippen LogP contribution is -2.27. The van der Waals surface area contributed by atoms with Crippen molar-refractivity contribution in [3.63, 3.8) is 0 Å². The zero-order chi connectivity index (χ0) is 23.8. The van der Waals surface area contributed by atoms with Gasteiger partial charge in [-0.1, -0.05) is 54.6 Å². The van der Waals surface area contributed by atoms with Crippen LogP contribution in [-0.2, 0) is 20.7 Å². The van der Waals surface area contributed by atoms with Crippen molar-refractivity contribution in [3.05, 3.63) is 60.2 Å². The quantitative estimate of drug-likeness (QED) is 0.281. The number of methoxy groups -OCH3 is 1. The van der Waals surface area contributed by atoms with Crippen molar-refractivity contribution in [2.45, 2.75) is 43.1 Å². The number of hydrogen-bond acceptors (Lipinski definition) is 7. The zero-order valence-electron chi connectivity index (χ0n) is 19.1. The van der Waals surface area contributed by atoms with Crippen molar-refractivity contribution in [1.82, 2.24) is 0 Å². The Morgan fingerprint density at radius 1 is 1.21 bits per heavy atom. The van der Waals surface area contributed by atoms with E-state index in [2.05, 4.69) is 29.0 Å². The van der Waals surface area contributed by atoms with Crippen LogP contribution < -0.4 is 0 Å². The van der Waals surface area contributed by atoms with E-state index in [1.807, 2.05) is 24.3 Å². The summed E-state index contributed by atoms with van der Waals surface area (Å²) in [4.78, 5) is 23.6. The molecule has 0 spiro atoms. The molecule has 1 fully saturated rings. The number of benzene rings is 2. The number of aliphatic hydroxyl groups is 2. The summed E-state index contributed by atoms with van der Waals surface area (Å²) < 4.78 is 4.62. The van der Waals surface area contributed by atoms with Gasteiger partial charge in [0.15, 0.2) is 0 Å². The molecular weight excluding hydrogens is 456 g/mol. The van der Waals surface area contributed by atoms with Crippen molar-refractivity contribution >= 4 is 46.0 Å². The van der Waals surface area contributed by atoms with Gasteiger partial charge in [-0.3, -0.25) is 9.59 Å². The minimum absolute atomic E-state index is 0.0542. The summed E-state index contributed by atoms with van der Waals surface area (Å²) in [6.45, 7) is 1.75. The topological polar surface area (TPSA) is 83.8 Å². The Morgan fingerprint density at radius 2 is 1.97 bits per heavy atom. The van der Waals surface area contributed by atoms with Gasteiger partial charge in [0.25, 0.3) is 0 Å². The summed E-state index contributed by atoms with van der Waals surface area (Å²) in [5, 5.41) is 23.4. The monoisotopic (exact) mass is 488 g/mol. The van der Waals surface area contributed by atoms with Crippen molar-refractivity contribution in [2.75, 3.05) is 24.4 Å². The smallest absolute Gasteiger partial charge is 0.315 e. The molecular formula is C26H32O5S2. The highest BCUT2D eigenvalue weighted by Gasteiger charge is 2.40. The van der Waals surface area contributed by atoms with Crippen LogP contribution in [-0.4, -0.2) is 63.3 Å². The number of thioether (sulfide) groups is 2. The van der Waals surface area contributed by atoms with Gasteiger partial charge in [0, 0.05) is 18.8 Å². The van der Waals surface area contributed by atoms with Gasteiger partial charge in [0.2, 0.25) is 0 Å². The number of hydrogen-bond donors (Lipinski definition) is 2. The molecule has 1 saturated carbocycles. The number of ether oxygens (including phenoxy) is 1. The first-order chi connectivity index (χ1) is 15.8. The molecule has 33 heavy (non-hydrogen) atoms. The molecule has 1 aliphatic carbocycles. The highest BCUT2D eigenvalue weighted by atomic mass is 32.2. The Hall–Kier alpha value is -1.80. The molecule has 1 aliphatic rings. The summed E-state index contributed by atoms with van der Waals surface area (Å²) in [5.41, 5.74) is -0.0603. The summed E-state index contributed by atoms with van der Waals surface area (Å²) in [7, 11) is 1.38. The number of Topliss-reactive ketones (excluding diaryl/α,β-unsaturated/α-hetero) is 1. The van der Waals surface area contributed by atoms with Gasteiger partial charge in [0.1, 0.15) is 5.78 Å². The van der Waals surface area contributed by atoms with E-state index in [1.54, 1.807) is 24.8 Å². The fourth-order valence-corrected chi connectivity index (χ4v) is 6.33. The van der Waals surface area contributed by atoms with E-state index in [1.165, 1.54) is 18.9 Å². The molecule has 0 aromatic heterocycles. The number of aliphatic hydroxyl groups excluding tert-OH is 1. The summed E-state index contributed by atoms with van der Waals surface area (Å²) in [5.74, 6) is 1.43. The van der Waals surface area contributed by atoms with Crippen molar-refractivity contribution in [2.24, 2.45) is 5.92 Å². The number of carbonyl (C=O) groups excluding carboxylic acids is 2. The number of fused-ring (bicyclic) bond motifs is 1. The molecule has 3 rings (SSSR count). The number of esters is 1. The molecule has 0 radical (unpaired) electrons. The molecule has 2 aromatic carbocycles. The third-order valence-corrected chi connectivity index (χ3v) is 8.23. The van der Waals surface area contributed by atoms with Gasteiger partial charge in [-0.05, 0) is 41.2 Å². The van der Waals surface area contributed by atoms with Crippen LogP contribution in [0, 0.1) is 5.92 Å². The lowest BCUT2D eigenvalue weighted by molar-refractivity contribution is -0.137. The van der Waals surface area contributed by atoms with Crippen LogP contribution in [0.2, 0.25) is 0 Å². The van der Waals surface area contributed by atoms with E-state index in [0.29, 0.717) is 12.2 Å². The lowest BCUT2D eigenvalue weighted by Gasteiger charge is -2.22. The van der Waals surface area contributed by atoms with Gasteiger partial charge in [-0.25, -0.2) is 0 Å². The minimum Gasteiger partial charge on any atom is -0.468 e. The van der Waals surface area contributed by atoms with Crippen LogP contribution in [0.4, 0.5) is 0 Å². The van der Waals surface area contributed by atoms with Crippen molar-refractivity contribution in [3.8, 4) is 0 Å². The van der Waals surface area contributed by atoms with E-state index in [9.17, 15) is 19.8 Å².